The molecule has 0 heterocycles. The van der Waals surface area contributed by atoms with Crippen molar-refractivity contribution in [2.75, 3.05) is 0 Å². The van der Waals surface area contributed by atoms with Crippen LogP contribution in [0.2, 0.25) is 5.02 Å². The van der Waals surface area contributed by atoms with Gasteiger partial charge in [-0.15, -0.1) is 0 Å². The summed E-state index contributed by atoms with van der Waals surface area (Å²) >= 11 is 6.14. The molecule has 1 atom stereocenters. The predicted molar refractivity (Wildman–Crippen MR) is 67.3 cm³/mol. The monoisotopic (exact) mass is 253 g/mol. The van der Waals surface area contributed by atoms with Crippen LogP contribution in [0.3, 0.4) is 0 Å². The van der Waals surface area contributed by atoms with Gasteiger partial charge in [0.2, 0.25) is 0 Å². The molecule has 17 heavy (non-hydrogen) atoms. The van der Waals surface area contributed by atoms with Crippen LogP contribution in [0.15, 0.2) is 18.2 Å². The fourth-order valence-electron chi connectivity index (χ4n) is 2.91. The van der Waals surface area contributed by atoms with Gasteiger partial charge in [0.05, 0.1) is 0 Å². The molecule has 2 N–H and O–H groups in total. The molecular weight excluding hydrogens is 237 g/mol. The maximum absolute atomic E-state index is 13.3. The van der Waals surface area contributed by atoms with Crippen molar-refractivity contribution in [3.8, 4) is 0 Å². The van der Waals surface area contributed by atoms with Crippen molar-refractivity contribution in [1.29, 1.82) is 0 Å². The Morgan fingerprint density at radius 1 is 1.18 bits per heavy atom. The van der Waals surface area contributed by atoms with E-state index in [-0.39, 0.29) is 11.9 Å². The second-order valence-electron chi connectivity index (χ2n) is 5.44. The highest BCUT2D eigenvalue weighted by molar-refractivity contribution is 6.31. The first-order valence-corrected chi connectivity index (χ1v) is 6.75. The van der Waals surface area contributed by atoms with E-state index >= 15 is 0 Å². The summed E-state index contributed by atoms with van der Waals surface area (Å²) in [7, 11) is 0. The smallest absolute Gasteiger partial charge is 0.123 e. The fourth-order valence-corrected chi connectivity index (χ4v) is 3.15. The van der Waals surface area contributed by atoms with Gasteiger partial charge in [-0.3, -0.25) is 0 Å². The van der Waals surface area contributed by atoms with Crippen LogP contribution in [-0.4, -0.2) is 0 Å². The van der Waals surface area contributed by atoms with Crippen molar-refractivity contribution < 1.29 is 4.39 Å². The van der Waals surface area contributed by atoms with Gasteiger partial charge in [0.15, 0.2) is 0 Å². The SMILES string of the molecule is NC(c1cc(F)ccc1Cl)C(C1CC1)C1CC1. The van der Waals surface area contributed by atoms with E-state index in [2.05, 4.69) is 0 Å². The molecule has 92 valence electrons. The number of benzene rings is 1. The Morgan fingerprint density at radius 3 is 2.29 bits per heavy atom. The zero-order valence-electron chi connectivity index (χ0n) is 9.70. The number of rotatable bonds is 4. The second-order valence-corrected chi connectivity index (χ2v) is 5.85. The summed E-state index contributed by atoms with van der Waals surface area (Å²) in [4.78, 5) is 0. The van der Waals surface area contributed by atoms with Crippen LogP contribution in [0.25, 0.3) is 0 Å². The van der Waals surface area contributed by atoms with Gasteiger partial charge in [0, 0.05) is 11.1 Å². The van der Waals surface area contributed by atoms with Crippen molar-refractivity contribution in [3.63, 3.8) is 0 Å². The molecule has 2 aliphatic rings. The van der Waals surface area contributed by atoms with Gasteiger partial charge in [-0.05, 0) is 67.2 Å². The molecule has 2 saturated carbocycles. The zero-order chi connectivity index (χ0) is 12.0. The van der Waals surface area contributed by atoms with Gasteiger partial charge in [-0.2, -0.15) is 0 Å². The van der Waals surface area contributed by atoms with Crippen LogP contribution in [0.1, 0.15) is 37.3 Å². The Morgan fingerprint density at radius 2 is 1.76 bits per heavy atom. The Labute approximate surface area is 106 Å². The van der Waals surface area contributed by atoms with E-state index in [0.29, 0.717) is 10.9 Å². The highest BCUT2D eigenvalue weighted by atomic mass is 35.5. The van der Waals surface area contributed by atoms with Crippen molar-refractivity contribution in [2.24, 2.45) is 23.5 Å². The van der Waals surface area contributed by atoms with Gasteiger partial charge in [0.1, 0.15) is 5.82 Å². The van der Waals surface area contributed by atoms with Crippen LogP contribution >= 0.6 is 11.6 Å². The Hall–Kier alpha value is -0.600. The van der Waals surface area contributed by atoms with Crippen LogP contribution in [0, 0.1) is 23.6 Å². The molecule has 0 amide bonds. The molecule has 1 unspecified atom stereocenters. The molecule has 0 saturated heterocycles. The lowest BCUT2D eigenvalue weighted by Gasteiger charge is -2.25. The van der Waals surface area contributed by atoms with Crippen molar-refractivity contribution in [3.05, 3.63) is 34.6 Å². The molecule has 2 aliphatic carbocycles. The molecule has 3 rings (SSSR count). The molecule has 0 aliphatic heterocycles. The highest BCUT2D eigenvalue weighted by Gasteiger charge is 2.45. The molecule has 0 radical (unpaired) electrons. The molecular formula is C14H17ClFN. The van der Waals surface area contributed by atoms with Crippen molar-refractivity contribution in [2.45, 2.75) is 31.7 Å². The van der Waals surface area contributed by atoms with E-state index in [0.717, 1.165) is 17.4 Å². The van der Waals surface area contributed by atoms with Gasteiger partial charge < -0.3 is 5.73 Å². The lowest BCUT2D eigenvalue weighted by Crippen LogP contribution is -2.25. The summed E-state index contributed by atoms with van der Waals surface area (Å²) in [6.45, 7) is 0. The summed E-state index contributed by atoms with van der Waals surface area (Å²) in [5.74, 6) is 1.76. The minimum Gasteiger partial charge on any atom is -0.324 e. The minimum absolute atomic E-state index is 0.0989. The van der Waals surface area contributed by atoms with Gasteiger partial charge in [0.25, 0.3) is 0 Å². The van der Waals surface area contributed by atoms with Gasteiger partial charge in [-0.1, -0.05) is 11.6 Å². The van der Waals surface area contributed by atoms with Crippen LogP contribution in [-0.2, 0) is 0 Å². The second kappa shape index (κ2) is 4.25. The van der Waals surface area contributed by atoms with E-state index < -0.39 is 0 Å². The molecule has 0 spiro atoms. The number of nitrogens with two attached hydrogens (primary N) is 1. The van der Waals surface area contributed by atoms with Crippen LogP contribution in [0.4, 0.5) is 4.39 Å². The van der Waals surface area contributed by atoms with Gasteiger partial charge in [-0.25, -0.2) is 4.39 Å². The quantitative estimate of drug-likeness (QED) is 0.865. The van der Waals surface area contributed by atoms with Gasteiger partial charge >= 0.3 is 0 Å². The summed E-state index contributed by atoms with van der Waals surface area (Å²) in [5, 5.41) is 0.602. The molecule has 0 aromatic heterocycles. The number of hydrogen-bond donors (Lipinski definition) is 1. The largest absolute Gasteiger partial charge is 0.324 e. The Bertz CT molecular complexity index is 414. The molecule has 3 heteroatoms. The number of hydrogen-bond acceptors (Lipinski definition) is 1. The maximum atomic E-state index is 13.3. The first-order valence-electron chi connectivity index (χ1n) is 6.37. The standard InChI is InChI=1S/C14H17ClFN/c15-12-6-5-10(16)7-11(12)14(17)13(8-1-2-8)9-3-4-9/h5-9,13-14H,1-4,17H2. The van der Waals surface area contributed by atoms with E-state index in [1.165, 1.54) is 37.8 Å². The average Bonchev–Trinajstić information content (AvgIpc) is 3.13. The fraction of sp³-hybridized carbons (Fsp3) is 0.571. The first kappa shape index (κ1) is 11.5. The van der Waals surface area contributed by atoms with E-state index in [1.807, 2.05) is 0 Å². The van der Waals surface area contributed by atoms with Crippen molar-refractivity contribution in [1.82, 2.24) is 0 Å². The number of halogens is 2. The van der Waals surface area contributed by atoms with Crippen molar-refractivity contribution >= 4 is 11.6 Å². The minimum atomic E-state index is -0.245. The molecule has 1 aromatic rings. The predicted octanol–water partition coefficient (Wildman–Crippen LogP) is 3.92. The molecule has 1 nitrogen and oxygen atoms in total. The third kappa shape index (κ3) is 2.34. The van der Waals surface area contributed by atoms with E-state index in [9.17, 15) is 4.39 Å². The summed E-state index contributed by atoms with van der Waals surface area (Å²) < 4.78 is 13.3. The Kier molecular flexibility index (Phi) is 2.87. The molecule has 1 aromatic carbocycles. The normalized spacial score (nSPS) is 21.9. The summed E-state index contributed by atoms with van der Waals surface area (Å²) in [5.41, 5.74) is 7.13. The van der Waals surface area contributed by atoms with Crippen LogP contribution in [0.5, 0.6) is 0 Å². The topological polar surface area (TPSA) is 26.0 Å². The summed E-state index contributed by atoms with van der Waals surface area (Å²) in [6, 6.07) is 4.41. The zero-order valence-corrected chi connectivity index (χ0v) is 10.5. The van der Waals surface area contributed by atoms with Crippen LogP contribution < -0.4 is 5.73 Å². The lowest BCUT2D eigenvalue weighted by molar-refractivity contribution is 0.335. The average molecular weight is 254 g/mol. The lowest BCUT2D eigenvalue weighted by atomic mass is 9.86. The van der Waals surface area contributed by atoms with E-state index in [4.69, 9.17) is 17.3 Å². The third-order valence-electron chi connectivity index (χ3n) is 4.06. The van der Waals surface area contributed by atoms with E-state index in [1.54, 1.807) is 6.07 Å². The molecule has 0 bridgehead atoms. The first-order chi connectivity index (χ1) is 8.16. The molecule has 2 fully saturated rings. The third-order valence-corrected chi connectivity index (χ3v) is 4.41. The maximum Gasteiger partial charge on any atom is 0.123 e. The Balaban J connectivity index is 1.88. The summed E-state index contributed by atoms with van der Waals surface area (Å²) in [6.07, 6.45) is 5.12. The highest BCUT2D eigenvalue weighted by Crippen LogP contribution is 2.53.